The fourth-order valence-electron chi connectivity index (χ4n) is 6.04. The van der Waals surface area contributed by atoms with Gasteiger partial charge >= 0.3 is 6.09 Å². The lowest BCUT2D eigenvalue weighted by Crippen LogP contribution is -2.58. The van der Waals surface area contributed by atoms with Crippen LogP contribution < -0.4 is 16.0 Å². The van der Waals surface area contributed by atoms with E-state index >= 15 is 0 Å². The highest BCUT2D eigenvalue weighted by Crippen LogP contribution is 2.28. The number of aryl methyl sites for hydroxylation is 1. The lowest BCUT2D eigenvalue weighted by molar-refractivity contribution is -0.144. The first-order valence-corrected chi connectivity index (χ1v) is 17.7. The van der Waals surface area contributed by atoms with Crippen LogP contribution in [0.3, 0.4) is 0 Å². The molecule has 4 amide bonds. The third kappa shape index (κ3) is 11.5. The first-order valence-electron chi connectivity index (χ1n) is 16.9. The van der Waals surface area contributed by atoms with Gasteiger partial charge in [0.15, 0.2) is 0 Å². The summed E-state index contributed by atoms with van der Waals surface area (Å²) in [6, 6.07) is 6.19. The molecule has 3 atom stereocenters. The van der Waals surface area contributed by atoms with E-state index in [-0.39, 0.29) is 50.2 Å². The Hall–Kier alpha value is -3.63. The molecule has 4 rings (SSSR count). The van der Waals surface area contributed by atoms with E-state index in [1.165, 1.54) is 4.90 Å². The maximum Gasteiger partial charge on any atom is 0.404 e. The van der Waals surface area contributed by atoms with Crippen LogP contribution in [0.25, 0.3) is 10.4 Å². The van der Waals surface area contributed by atoms with Crippen LogP contribution in [-0.4, -0.2) is 137 Å². The minimum Gasteiger partial charge on any atom is -0.465 e. The van der Waals surface area contributed by atoms with E-state index in [9.17, 15) is 24.3 Å². The number of benzene rings is 1. The minimum absolute atomic E-state index is 0.0246. The quantitative estimate of drug-likeness (QED) is 0.171. The predicted octanol–water partition coefficient (Wildman–Crippen LogP) is 1.52. The van der Waals surface area contributed by atoms with Crippen molar-refractivity contribution in [1.82, 2.24) is 35.6 Å². The maximum atomic E-state index is 13.9. The first kappa shape index (κ1) is 38.2. The van der Waals surface area contributed by atoms with Gasteiger partial charge in [-0.3, -0.25) is 19.3 Å². The number of aromatic nitrogens is 1. The van der Waals surface area contributed by atoms with Crippen molar-refractivity contribution in [2.75, 3.05) is 65.6 Å². The Morgan fingerprint density at radius 3 is 2.31 bits per heavy atom. The summed E-state index contributed by atoms with van der Waals surface area (Å²) in [6.45, 7) is 13.6. The number of carbonyl (C=O) groups excluding carboxylic acids is 3. The van der Waals surface area contributed by atoms with Crippen LogP contribution in [0, 0.1) is 12.3 Å². The molecule has 14 nitrogen and oxygen atoms in total. The van der Waals surface area contributed by atoms with Crippen LogP contribution in [0.1, 0.15) is 44.9 Å². The van der Waals surface area contributed by atoms with E-state index in [0.29, 0.717) is 19.8 Å². The molecule has 0 bridgehead atoms. The number of amides is 4. The highest BCUT2D eigenvalue weighted by Gasteiger charge is 2.44. The standard InChI is InChI=1S/C34H51N7O7S/c1-23-29(49-22-37-23)25-7-5-24(6-8-25)20-36-31(44)27-19-26(42)21-41(27)32(45)30(34(2,3)4)38-28(43)9-11-39-12-14-40(15-13-39)16-18-48-17-10-35-33(46)47/h5-8,22,26-27,30,35,42H,9-21H2,1-4H3,(H,36,44)(H,38,43)(H,46,47)/t26-,27+,30-/m1/s1. The first-order chi connectivity index (χ1) is 23.3. The van der Waals surface area contributed by atoms with Gasteiger partial charge in [-0.2, -0.15) is 0 Å². The average molecular weight is 702 g/mol. The van der Waals surface area contributed by atoms with Gasteiger partial charge in [-0.15, -0.1) is 11.3 Å². The number of likely N-dealkylation sites (tertiary alicyclic amines) is 1. The summed E-state index contributed by atoms with van der Waals surface area (Å²) in [5.41, 5.74) is 4.13. The van der Waals surface area contributed by atoms with Crippen molar-refractivity contribution in [2.45, 2.75) is 65.3 Å². The molecule has 2 aromatic rings. The lowest BCUT2D eigenvalue weighted by atomic mass is 9.85. The largest absolute Gasteiger partial charge is 0.465 e. The van der Waals surface area contributed by atoms with E-state index < -0.39 is 29.7 Å². The van der Waals surface area contributed by atoms with E-state index in [1.807, 2.05) is 57.5 Å². The number of hydrogen-bond donors (Lipinski definition) is 5. The third-order valence-corrected chi connectivity index (χ3v) is 9.88. The zero-order valence-electron chi connectivity index (χ0n) is 28.9. The number of ether oxygens (including phenoxy) is 1. The molecule has 0 radical (unpaired) electrons. The molecule has 1 aromatic carbocycles. The molecular formula is C34H51N7O7S. The van der Waals surface area contributed by atoms with Crippen molar-refractivity contribution < 1.29 is 34.1 Å². The average Bonchev–Trinajstić information content (AvgIpc) is 3.68. The second-order valence-electron chi connectivity index (χ2n) is 13.7. The molecule has 15 heteroatoms. The van der Waals surface area contributed by atoms with Crippen LogP contribution in [-0.2, 0) is 25.7 Å². The Balaban J connectivity index is 1.23. The number of nitrogens with one attached hydrogen (secondary N) is 3. The van der Waals surface area contributed by atoms with E-state index in [0.717, 1.165) is 54.4 Å². The van der Waals surface area contributed by atoms with Gasteiger partial charge in [-0.1, -0.05) is 45.0 Å². The summed E-state index contributed by atoms with van der Waals surface area (Å²) in [5, 5.41) is 27.2. The molecule has 49 heavy (non-hydrogen) atoms. The Morgan fingerprint density at radius 2 is 1.69 bits per heavy atom. The molecule has 2 fully saturated rings. The number of thiazole rings is 1. The third-order valence-electron chi connectivity index (χ3n) is 8.91. The van der Waals surface area contributed by atoms with Gasteiger partial charge in [0, 0.05) is 71.7 Å². The molecule has 5 N–H and O–H groups in total. The number of carbonyl (C=O) groups is 4. The summed E-state index contributed by atoms with van der Waals surface area (Å²) in [5.74, 6) is -0.958. The van der Waals surface area contributed by atoms with Crippen molar-refractivity contribution in [3.63, 3.8) is 0 Å². The molecule has 2 saturated heterocycles. The van der Waals surface area contributed by atoms with Gasteiger partial charge < -0.3 is 40.7 Å². The highest BCUT2D eigenvalue weighted by atomic mass is 32.1. The summed E-state index contributed by atoms with van der Waals surface area (Å²) in [4.78, 5) is 62.2. The van der Waals surface area contributed by atoms with Crippen molar-refractivity contribution in [3.05, 3.63) is 41.0 Å². The van der Waals surface area contributed by atoms with E-state index in [4.69, 9.17) is 9.84 Å². The summed E-state index contributed by atoms with van der Waals surface area (Å²) in [7, 11) is 0. The Bertz CT molecular complexity index is 1410. The Kier molecular flexibility index (Phi) is 13.9. The summed E-state index contributed by atoms with van der Waals surface area (Å²) >= 11 is 1.58. The zero-order chi connectivity index (χ0) is 35.6. The van der Waals surface area contributed by atoms with Gasteiger partial charge in [-0.25, -0.2) is 9.78 Å². The van der Waals surface area contributed by atoms with E-state index in [1.54, 1.807) is 11.3 Å². The molecule has 0 aliphatic carbocycles. The fourth-order valence-corrected chi connectivity index (χ4v) is 6.85. The van der Waals surface area contributed by atoms with Crippen LogP contribution >= 0.6 is 11.3 Å². The Labute approximate surface area is 292 Å². The van der Waals surface area contributed by atoms with Gasteiger partial charge in [0.1, 0.15) is 12.1 Å². The number of aliphatic hydroxyl groups is 1. The molecule has 3 heterocycles. The molecule has 2 aliphatic heterocycles. The predicted molar refractivity (Wildman–Crippen MR) is 186 cm³/mol. The van der Waals surface area contributed by atoms with Gasteiger partial charge in [0.2, 0.25) is 17.7 Å². The summed E-state index contributed by atoms with van der Waals surface area (Å²) in [6.07, 6.45) is -1.54. The lowest BCUT2D eigenvalue weighted by Gasteiger charge is -2.36. The maximum absolute atomic E-state index is 13.9. The number of hydrogen-bond acceptors (Lipinski definition) is 10. The number of carboxylic acid groups (broad SMARTS) is 1. The van der Waals surface area contributed by atoms with Gasteiger partial charge in [-0.05, 0) is 23.5 Å². The number of rotatable bonds is 15. The minimum atomic E-state index is -1.06. The smallest absolute Gasteiger partial charge is 0.404 e. The SMILES string of the molecule is Cc1ncsc1-c1ccc(CNC(=O)[C@@H]2C[C@@H](O)CN2C(=O)[C@@H](NC(=O)CCN2CCN(CCOCCNC(=O)O)CC2)C(C)(C)C)cc1. The van der Waals surface area contributed by atoms with Crippen molar-refractivity contribution in [2.24, 2.45) is 5.41 Å². The molecular weight excluding hydrogens is 650 g/mol. The van der Waals surface area contributed by atoms with Crippen molar-refractivity contribution in [1.29, 1.82) is 0 Å². The molecule has 270 valence electrons. The van der Waals surface area contributed by atoms with Crippen LogP contribution in [0.5, 0.6) is 0 Å². The molecule has 2 aliphatic rings. The summed E-state index contributed by atoms with van der Waals surface area (Å²) < 4.78 is 5.48. The van der Waals surface area contributed by atoms with Crippen LogP contribution in [0.15, 0.2) is 29.8 Å². The van der Waals surface area contributed by atoms with Gasteiger partial charge in [0.25, 0.3) is 0 Å². The van der Waals surface area contributed by atoms with Crippen molar-refractivity contribution >= 4 is 35.2 Å². The van der Waals surface area contributed by atoms with Gasteiger partial charge in [0.05, 0.1) is 35.4 Å². The second-order valence-corrected chi connectivity index (χ2v) is 14.6. The topological polar surface area (TPSA) is 177 Å². The van der Waals surface area contributed by atoms with Crippen LogP contribution in [0.2, 0.25) is 0 Å². The van der Waals surface area contributed by atoms with E-state index in [2.05, 4.69) is 30.7 Å². The second kappa shape index (κ2) is 17.9. The van der Waals surface area contributed by atoms with Crippen LogP contribution in [0.4, 0.5) is 4.79 Å². The molecule has 1 aromatic heterocycles. The number of piperazine rings is 1. The Morgan fingerprint density at radius 1 is 1.02 bits per heavy atom. The molecule has 0 unspecified atom stereocenters. The molecule has 0 saturated carbocycles. The number of β-amino-alcohol motifs (C(OH)–C–C–N with tert-alkyl or cyclic N) is 1. The molecule has 0 spiro atoms. The normalized spacial score (nSPS) is 19.4. The number of nitrogens with zero attached hydrogens (tertiary/aromatic N) is 4. The fraction of sp³-hybridized carbons (Fsp3) is 0.618. The van der Waals surface area contributed by atoms with Crippen molar-refractivity contribution in [3.8, 4) is 10.4 Å². The zero-order valence-corrected chi connectivity index (χ0v) is 29.8. The monoisotopic (exact) mass is 701 g/mol. The highest BCUT2D eigenvalue weighted by molar-refractivity contribution is 7.13. The number of aliphatic hydroxyl groups excluding tert-OH is 1.